The second-order valence-electron chi connectivity index (χ2n) is 7.11. The van der Waals surface area contributed by atoms with Crippen LogP contribution in [0, 0.1) is 0 Å². The first kappa shape index (κ1) is 20.1. The molecule has 0 saturated heterocycles. The summed E-state index contributed by atoms with van der Waals surface area (Å²) in [5.41, 5.74) is 2.32. The topological polar surface area (TPSA) is 73.9 Å². The van der Waals surface area contributed by atoms with Gasteiger partial charge in [0.2, 0.25) is 0 Å². The van der Waals surface area contributed by atoms with Gasteiger partial charge >= 0.3 is 0 Å². The number of fused-ring (bicyclic) bond motifs is 1. The monoisotopic (exact) mass is 425 g/mol. The van der Waals surface area contributed by atoms with Crippen LogP contribution in [0.3, 0.4) is 0 Å². The smallest absolute Gasteiger partial charge is 0.262 e. The Bertz CT molecular complexity index is 1140. The molecule has 0 fully saturated rings. The van der Waals surface area contributed by atoms with Gasteiger partial charge in [-0.2, -0.15) is 0 Å². The third kappa shape index (κ3) is 3.68. The first-order valence-corrected chi connectivity index (χ1v) is 11.0. The summed E-state index contributed by atoms with van der Waals surface area (Å²) in [6, 6.07) is 19.5. The lowest BCUT2D eigenvalue weighted by Gasteiger charge is -2.16. The number of nitrogens with one attached hydrogen (secondary N) is 1. The highest BCUT2D eigenvalue weighted by molar-refractivity contribution is 7.92. The van der Waals surface area contributed by atoms with E-state index >= 15 is 0 Å². The van der Waals surface area contributed by atoms with Crippen molar-refractivity contribution in [2.24, 2.45) is 0 Å². The number of sulfonamides is 1. The van der Waals surface area contributed by atoms with Crippen LogP contribution < -0.4 is 18.9 Å². The Kier molecular flexibility index (Phi) is 5.30. The van der Waals surface area contributed by atoms with E-state index in [1.54, 1.807) is 49.6 Å². The molecule has 1 unspecified atom stereocenters. The summed E-state index contributed by atoms with van der Waals surface area (Å²) in [7, 11) is -0.609. The van der Waals surface area contributed by atoms with Crippen LogP contribution in [0.2, 0.25) is 0 Å². The van der Waals surface area contributed by atoms with Gasteiger partial charge in [-0.05, 0) is 35.9 Å². The summed E-state index contributed by atoms with van der Waals surface area (Å²) < 4.78 is 45.1. The van der Waals surface area contributed by atoms with Gasteiger partial charge in [0, 0.05) is 17.5 Å². The SMILES string of the molecule is COc1ccc(C2Oc3cc(OC)c(NS(=O)(=O)c4ccccc4)cc3[C@@H]2C)cc1. The molecule has 0 spiro atoms. The Morgan fingerprint density at radius 3 is 2.27 bits per heavy atom. The molecule has 0 aromatic heterocycles. The average Bonchev–Trinajstić information content (AvgIpc) is 3.09. The van der Waals surface area contributed by atoms with Gasteiger partial charge < -0.3 is 14.2 Å². The van der Waals surface area contributed by atoms with Gasteiger partial charge in [0.05, 0.1) is 24.8 Å². The van der Waals surface area contributed by atoms with Crippen molar-refractivity contribution in [2.75, 3.05) is 18.9 Å². The molecule has 6 nitrogen and oxygen atoms in total. The number of benzene rings is 3. The molecule has 7 heteroatoms. The number of ether oxygens (including phenoxy) is 3. The highest BCUT2D eigenvalue weighted by Gasteiger charge is 2.34. The van der Waals surface area contributed by atoms with E-state index < -0.39 is 10.0 Å². The molecule has 0 radical (unpaired) electrons. The maximum atomic E-state index is 12.8. The third-order valence-electron chi connectivity index (χ3n) is 5.27. The van der Waals surface area contributed by atoms with Crippen LogP contribution >= 0.6 is 0 Å². The summed E-state index contributed by atoms with van der Waals surface area (Å²) in [4.78, 5) is 0.188. The van der Waals surface area contributed by atoms with Crippen molar-refractivity contribution in [1.82, 2.24) is 0 Å². The van der Waals surface area contributed by atoms with Crippen molar-refractivity contribution in [3.8, 4) is 17.2 Å². The molecule has 30 heavy (non-hydrogen) atoms. The number of rotatable bonds is 6. The zero-order chi connectivity index (χ0) is 21.3. The van der Waals surface area contributed by atoms with Crippen LogP contribution in [-0.4, -0.2) is 22.6 Å². The van der Waals surface area contributed by atoms with E-state index in [0.29, 0.717) is 17.2 Å². The Morgan fingerprint density at radius 1 is 0.933 bits per heavy atom. The van der Waals surface area contributed by atoms with Crippen molar-refractivity contribution >= 4 is 15.7 Å². The van der Waals surface area contributed by atoms with Crippen molar-refractivity contribution in [3.05, 3.63) is 77.9 Å². The van der Waals surface area contributed by atoms with Gasteiger partial charge in [-0.3, -0.25) is 4.72 Å². The number of hydrogen-bond donors (Lipinski definition) is 1. The fourth-order valence-corrected chi connectivity index (χ4v) is 4.72. The third-order valence-corrected chi connectivity index (χ3v) is 6.65. The quantitative estimate of drug-likeness (QED) is 0.617. The molecule has 3 aromatic rings. The van der Waals surface area contributed by atoms with Crippen LogP contribution in [0.4, 0.5) is 5.69 Å². The highest BCUT2D eigenvalue weighted by atomic mass is 32.2. The van der Waals surface area contributed by atoms with Crippen LogP contribution in [0.5, 0.6) is 17.2 Å². The molecule has 0 saturated carbocycles. The lowest BCUT2D eigenvalue weighted by molar-refractivity contribution is 0.215. The normalized spacial score (nSPS) is 17.7. The molecule has 4 rings (SSSR count). The van der Waals surface area contributed by atoms with Crippen LogP contribution in [0.1, 0.15) is 30.1 Å². The lowest BCUT2D eigenvalue weighted by atomic mass is 9.92. The van der Waals surface area contributed by atoms with Gasteiger partial charge in [-0.25, -0.2) is 8.42 Å². The van der Waals surface area contributed by atoms with E-state index in [1.807, 2.05) is 24.3 Å². The van der Waals surface area contributed by atoms with Gasteiger partial charge in [-0.1, -0.05) is 37.3 Å². The second kappa shape index (κ2) is 7.91. The zero-order valence-electron chi connectivity index (χ0n) is 17.0. The first-order chi connectivity index (χ1) is 14.4. The summed E-state index contributed by atoms with van der Waals surface area (Å²) in [5.74, 6) is 1.89. The van der Waals surface area contributed by atoms with Crippen molar-refractivity contribution in [1.29, 1.82) is 0 Å². The minimum atomic E-state index is -3.74. The second-order valence-corrected chi connectivity index (χ2v) is 8.79. The predicted molar refractivity (Wildman–Crippen MR) is 115 cm³/mol. The Balaban J connectivity index is 1.66. The van der Waals surface area contributed by atoms with E-state index in [-0.39, 0.29) is 16.9 Å². The maximum Gasteiger partial charge on any atom is 0.262 e. The lowest BCUT2D eigenvalue weighted by Crippen LogP contribution is -2.13. The van der Waals surface area contributed by atoms with E-state index in [0.717, 1.165) is 16.9 Å². The van der Waals surface area contributed by atoms with Crippen molar-refractivity contribution in [3.63, 3.8) is 0 Å². The standard InChI is InChI=1S/C23H23NO5S/c1-15-19-13-20(24-30(25,26)18-7-5-4-6-8-18)22(28-3)14-21(19)29-23(15)16-9-11-17(27-2)12-10-16/h4-15,23-24H,1-3H3/t15-,23?/m0/s1. The molecule has 156 valence electrons. The van der Waals surface area contributed by atoms with E-state index in [1.165, 1.54) is 7.11 Å². The molecule has 1 N–H and O–H groups in total. The van der Waals surface area contributed by atoms with E-state index in [2.05, 4.69) is 11.6 Å². The van der Waals surface area contributed by atoms with Crippen molar-refractivity contribution < 1.29 is 22.6 Å². The molecule has 1 aliphatic heterocycles. The fourth-order valence-electron chi connectivity index (χ4n) is 3.64. The van der Waals surface area contributed by atoms with Gasteiger partial charge in [0.15, 0.2) is 0 Å². The Labute approximate surface area is 176 Å². The van der Waals surface area contributed by atoms with Gasteiger partial charge in [0.1, 0.15) is 23.4 Å². The number of methoxy groups -OCH3 is 2. The summed E-state index contributed by atoms with van der Waals surface area (Å²) in [5, 5.41) is 0. The fraction of sp³-hybridized carbons (Fsp3) is 0.217. The Hall–Kier alpha value is -3.19. The molecule has 2 atom stereocenters. The molecule has 3 aromatic carbocycles. The molecule has 1 aliphatic rings. The summed E-state index contributed by atoms with van der Waals surface area (Å²) >= 11 is 0. The van der Waals surface area contributed by atoms with Gasteiger partial charge in [-0.15, -0.1) is 0 Å². The largest absolute Gasteiger partial charge is 0.497 e. The summed E-state index contributed by atoms with van der Waals surface area (Å²) in [6.07, 6.45) is -0.184. The number of anilines is 1. The zero-order valence-corrected chi connectivity index (χ0v) is 17.8. The predicted octanol–water partition coefficient (Wildman–Crippen LogP) is 4.74. The minimum absolute atomic E-state index is 0.0271. The minimum Gasteiger partial charge on any atom is -0.497 e. The molecule has 0 amide bonds. The molecule has 0 aliphatic carbocycles. The molecular formula is C23H23NO5S. The maximum absolute atomic E-state index is 12.8. The molecule has 1 heterocycles. The highest BCUT2D eigenvalue weighted by Crippen LogP contribution is 2.49. The summed E-state index contributed by atoms with van der Waals surface area (Å²) in [6.45, 7) is 2.06. The van der Waals surface area contributed by atoms with E-state index in [4.69, 9.17) is 14.2 Å². The first-order valence-electron chi connectivity index (χ1n) is 9.53. The Morgan fingerprint density at radius 2 is 1.63 bits per heavy atom. The van der Waals surface area contributed by atoms with Gasteiger partial charge in [0.25, 0.3) is 10.0 Å². The van der Waals surface area contributed by atoms with E-state index in [9.17, 15) is 8.42 Å². The molecule has 0 bridgehead atoms. The van der Waals surface area contributed by atoms with Crippen LogP contribution in [0.15, 0.2) is 71.6 Å². The number of hydrogen-bond acceptors (Lipinski definition) is 5. The molecular weight excluding hydrogens is 402 g/mol. The van der Waals surface area contributed by atoms with Crippen LogP contribution in [0.25, 0.3) is 0 Å². The average molecular weight is 426 g/mol. The van der Waals surface area contributed by atoms with Crippen molar-refractivity contribution in [2.45, 2.75) is 23.8 Å². The van der Waals surface area contributed by atoms with Crippen LogP contribution in [-0.2, 0) is 10.0 Å².